The summed E-state index contributed by atoms with van der Waals surface area (Å²) in [4.78, 5) is 11.7. The summed E-state index contributed by atoms with van der Waals surface area (Å²) >= 11 is 11.6. The molecule has 0 aliphatic rings. The number of nitrogens with one attached hydrogen (secondary N) is 2. The minimum absolute atomic E-state index is 0.0901. The summed E-state index contributed by atoms with van der Waals surface area (Å²) in [6.45, 7) is 0.0901. The maximum absolute atomic E-state index is 13.4. The SMILES string of the molecule is O=C(NCc1ccccc1F)Nc1cc(Cl)cc(Cl)c1. The Labute approximate surface area is 125 Å². The number of benzene rings is 2. The largest absolute Gasteiger partial charge is 0.334 e. The van der Waals surface area contributed by atoms with Crippen LogP contribution in [0, 0.1) is 5.82 Å². The van der Waals surface area contributed by atoms with Crippen molar-refractivity contribution in [2.24, 2.45) is 0 Å². The molecule has 104 valence electrons. The molecule has 0 saturated carbocycles. The van der Waals surface area contributed by atoms with Crippen LogP contribution in [0.5, 0.6) is 0 Å². The van der Waals surface area contributed by atoms with Crippen molar-refractivity contribution in [1.29, 1.82) is 0 Å². The van der Waals surface area contributed by atoms with E-state index in [1.165, 1.54) is 6.07 Å². The third-order valence-corrected chi connectivity index (χ3v) is 2.95. The maximum Gasteiger partial charge on any atom is 0.319 e. The van der Waals surface area contributed by atoms with E-state index in [1.54, 1.807) is 36.4 Å². The van der Waals surface area contributed by atoms with Crippen molar-refractivity contribution < 1.29 is 9.18 Å². The molecule has 0 atom stereocenters. The zero-order chi connectivity index (χ0) is 14.5. The van der Waals surface area contributed by atoms with Gasteiger partial charge in [-0.25, -0.2) is 9.18 Å². The summed E-state index contributed by atoms with van der Waals surface area (Å²) in [7, 11) is 0. The molecule has 0 spiro atoms. The van der Waals surface area contributed by atoms with Crippen molar-refractivity contribution in [1.82, 2.24) is 5.32 Å². The Morgan fingerprint density at radius 3 is 2.40 bits per heavy atom. The molecule has 0 aromatic heterocycles. The maximum atomic E-state index is 13.4. The highest BCUT2D eigenvalue weighted by Crippen LogP contribution is 2.22. The fourth-order valence-electron chi connectivity index (χ4n) is 1.62. The molecule has 2 aromatic rings. The van der Waals surface area contributed by atoms with Gasteiger partial charge < -0.3 is 10.6 Å². The van der Waals surface area contributed by atoms with Crippen molar-refractivity contribution in [2.75, 3.05) is 5.32 Å². The Balaban J connectivity index is 1.94. The molecule has 2 rings (SSSR count). The van der Waals surface area contributed by atoms with Crippen molar-refractivity contribution in [3.63, 3.8) is 0 Å². The van der Waals surface area contributed by atoms with E-state index in [0.717, 1.165) is 0 Å². The van der Waals surface area contributed by atoms with E-state index in [9.17, 15) is 9.18 Å². The number of hydrogen-bond acceptors (Lipinski definition) is 1. The second-order valence-corrected chi connectivity index (χ2v) is 4.93. The Morgan fingerprint density at radius 2 is 1.75 bits per heavy atom. The number of anilines is 1. The Bertz CT molecular complexity index is 614. The fraction of sp³-hybridized carbons (Fsp3) is 0.0714. The summed E-state index contributed by atoms with van der Waals surface area (Å²) < 4.78 is 13.4. The molecule has 2 amide bonds. The van der Waals surface area contributed by atoms with E-state index < -0.39 is 6.03 Å². The monoisotopic (exact) mass is 312 g/mol. The van der Waals surface area contributed by atoms with Crippen LogP contribution in [0.1, 0.15) is 5.56 Å². The van der Waals surface area contributed by atoms with Crippen LogP contribution in [0.25, 0.3) is 0 Å². The fourth-order valence-corrected chi connectivity index (χ4v) is 2.14. The van der Waals surface area contributed by atoms with Crippen LogP contribution in [-0.4, -0.2) is 6.03 Å². The summed E-state index contributed by atoms with van der Waals surface area (Å²) in [6.07, 6.45) is 0. The van der Waals surface area contributed by atoms with E-state index in [1.807, 2.05) is 0 Å². The lowest BCUT2D eigenvalue weighted by molar-refractivity contribution is 0.251. The van der Waals surface area contributed by atoms with E-state index in [0.29, 0.717) is 21.3 Å². The molecule has 3 nitrogen and oxygen atoms in total. The molecule has 0 unspecified atom stereocenters. The summed E-state index contributed by atoms with van der Waals surface area (Å²) in [5, 5.41) is 5.96. The Morgan fingerprint density at radius 1 is 1.10 bits per heavy atom. The number of halogens is 3. The average Bonchev–Trinajstić information content (AvgIpc) is 2.36. The van der Waals surface area contributed by atoms with Gasteiger partial charge in [0.05, 0.1) is 0 Å². The number of urea groups is 1. The van der Waals surface area contributed by atoms with Crippen LogP contribution < -0.4 is 10.6 Å². The first kappa shape index (κ1) is 14.6. The molecular weight excluding hydrogens is 302 g/mol. The molecule has 20 heavy (non-hydrogen) atoms. The molecule has 0 saturated heterocycles. The number of carbonyl (C=O) groups is 1. The summed E-state index contributed by atoms with van der Waals surface area (Å²) in [5.41, 5.74) is 0.875. The van der Waals surface area contributed by atoms with Gasteiger partial charge in [0.2, 0.25) is 0 Å². The van der Waals surface area contributed by atoms with E-state index in [2.05, 4.69) is 10.6 Å². The second-order valence-electron chi connectivity index (χ2n) is 4.06. The van der Waals surface area contributed by atoms with Crippen LogP contribution in [0.2, 0.25) is 10.0 Å². The first-order valence-corrected chi connectivity index (χ1v) is 6.54. The van der Waals surface area contributed by atoms with Crippen LogP contribution in [0.15, 0.2) is 42.5 Å². The number of hydrogen-bond donors (Lipinski definition) is 2. The number of rotatable bonds is 3. The van der Waals surface area contributed by atoms with Crippen LogP contribution in [0.3, 0.4) is 0 Å². The van der Waals surface area contributed by atoms with Gasteiger partial charge >= 0.3 is 6.03 Å². The van der Waals surface area contributed by atoms with Gasteiger partial charge in [0, 0.05) is 27.8 Å². The Hall–Kier alpha value is -1.78. The molecule has 6 heteroatoms. The van der Waals surface area contributed by atoms with Gasteiger partial charge in [0.1, 0.15) is 5.82 Å². The highest BCUT2D eigenvalue weighted by atomic mass is 35.5. The first-order chi connectivity index (χ1) is 9.54. The molecule has 0 aliphatic carbocycles. The molecule has 0 aliphatic heterocycles. The predicted octanol–water partition coefficient (Wildman–Crippen LogP) is 4.45. The van der Waals surface area contributed by atoms with Gasteiger partial charge in [-0.15, -0.1) is 0 Å². The summed E-state index contributed by atoms with van der Waals surface area (Å²) in [6, 6.07) is 10.5. The topological polar surface area (TPSA) is 41.1 Å². The quantitative estimate of drug-likeness (QED) is 0.863. The van der Waals surface area contributed by atoms with Gasteiger partial charge in [-0.1, -0.05) is 41.4 Å². The smallest absolute Gasteiger partial charge is 0.319 e. The van der Waals surface area contributed by atoms with E-state index in [-0.39, 0.29) is 12.4 Å². The average molecular weight is 313 g/mol. The molecule has 0 radical (unpaired) electrons. The van der Waals surface area contributed by atoms with E-state index in [4.69, 9.17) is 23.2 Å². The van der Waals surface area contributed by atoms with Gasteiger partial charge in [-0.3, -0.25) is 0 Å². The van der Waals surface area contributed by atoms with E-state index >= 15 is 0 Å². The lowest BCUT2D eigenvalue weighted by Gasteiger charge is -2.09. The number of carbonyl (C=O) groups excluding carboxylic acids is 1. The standard InChI is InChI=1S/C14H11Cl2FN2O/c15-10-5-11(16)7-12(6-10)19-14(20)18-8-9-3-1-2-4-13(9)17/h1-7H,8H2,(H2,18,19,20). The Kier molecular flexibility index (Phi) is 4.82. The second kappa shape index (κ2) is 6.59. The molecule has 0 bridgehead atoms. The zero-order valence-electron chi connectivity index (χ0n) is 10.3. The molecular formula is C14H11Cl2FN2O. The minimum Gasteiger partial charge on any atom is -0.334 e. The highest BCUT2D eigenvalue weighted by molar-refractivity contribution is 6.35. The first-order valence-electron chi connectivity index (χ1n) is 5.79. The van der Waals surface area contributed by atoms with Gasteiger partial charge in [-0.05, 0) is 24.3 Å². The predicted molar refractivity (Wildman–Crippen MR) is 78.7 cm³/mol. The van der Waals surface area contributed by atoms with Crippen molar-refractivity contribution in [3.8, 4) is 0 Å². The number of amides is 2. The normalized spacial score (nSPS) is 10.2. The van der Waals surface area contributed by atoms with Crippen molar-refractivity contribution >= 4 is 34.9 Å². The highest BCUT2D eigenvalue weighted by Gasteiger charge is 2.05. The van der Waals surface area contributed by atoms with Crippen LogP contribution in [-0.2, 0) is 6.54 Å². The van der Waals surface area contributed by atoms with Crippen LogP contribution in [0.4, 0.5) is 14.9 Å². The zero-order valence-corrected chi connectivity index (χ0v) is 11.8. The van der Waals surface area contributed by atoms with Crippen molar-refractivity contribution in [3.05, 3.63) is 63.9 Å². The van der Waals surface area contributed by atoms with Gasteiger partial charge in [-0.2, -0.15) is 0 Å². The summed E-state index contributed by atoms with van der Waals surface area (Å²) in [5.74, 6) is -0.362. The molecule has 2 aromatic carbocycles. The third kappa shape index (κ3) is 4.11. The van der Waals surface area contributed by atoms with Crippen LogP contribution >= 0.6 is 23.2 Å². The van der Waals surface area contributed by atoms with Gasteiger partial charge in [0.25, 0.3) is 0 Å². The minimum atomic E-state index is -0.466. The third-order valence-electron chi connectivity index (χ3n) is 2.52. The van der Waals surface area contributed by atoms with Gasteiger partial charge in [0.15, 0.2) is 0 Å². The lowest BCUT2D eigenvalue weighted by Crippen LogP contribution is -2.28. The van der Waals surface area contributed by atoms with Crippen molar-refractivity contribution in [2.45, 2.75) is 6.54 Å². The molecule has 0 fully saturated rings. The molecule has 2 N–H and O–H groups in total. The lowest BCUT2D eigenvalue weighted by atomic mass is 10.2. The molecule has 0 heterocycles.